The number of phenols is 1. The highest BCUT2D eigenvalue weighted by molar-refractivity contribution is 5.93. The molecule has 3 aromatic heterocycles. The van der Waals surface area contributed by atoms with Gasteiger partial charge in [0.05, 0.1) is 22.5 Å². The number of nitrogens with zero attached hydrogens (tertiary/aromatic N) is 4. The quantitative estimate of drug-likeness (QED) is 0.211. The summed E-state index contributed by atoms with van der Waals surface area (Å²) in [5.74, 6) is 1.03. The van der Waals surface area contributed by atoms with Crippen LogP contribution in [0.15, 0.2) is 91.3 Å². The Balaban J connectivity index is 1.54. The second kappa shape index (κ2) is 11.5. The topological polar surface area (TPSA) is 63.8 Å². The number of fused-ring (bicyclic) bond motifs is 1. The molecule has 0 saturated heterocycles. The molecule has 1 N–H and O–H groups in total. The van der Waals surface area contributed by atoms with Gasteiger partial charge in [-0.2, -0.15) is 0 Å². The second-order valence-electron chi connectivity index (χ2n) is 14.7. The minimum absolute atomic E-state index is 0.102. The second-order valence-corrected chi connectivity index (χ2v) is 14.7. The largest absolute Gasteiger partial charge is 0.507 e. The Morgan fingerprint density at radius 2 is 1.41 bits per heavy atom. The van der Waals surface area contributed by atoms with Gasteiger partial charge < -0.3 is 9.67 Å². The fourth-order valence-corrected chi connectivity index (χ4v) is 6.19. The van der Waals surface area contributed by atoms with Gasteiger partial charge in [0.2, 0.25) is 0 Å². The number of aromatic hydroxyl groups is 1. The van der Waals surface area contributed by atoms with Gasteiger partial charge in [0.1, 0.15) is 17.1 Å². The van der Waals surface area contributed by atoms with Crippen LogP contribution in [-0.2, 0) is 10.8 Å². The van der Waals surface area contributed by atoms with Crippen LogP contribution in [0.5, 0.6) is 5.75 Å². The van der Waals surface area contributed by atoms with E-state index in [-0.39, 0.29) is 22.6 Å². The number of phenolic OH excluding ortho intramolecular Hbond substituents is 1. The van der Waals surface area contributed by atoms with Gasteiger partial charge in [0.15, 0.2) is 0 Å². The number of rotatable bonds is 5. The lowest BCUT2D eigenvalue weighted by Gasteiger charge is -2.27. The molecule has 3 aromatic carbocycles. The highest BCUT2D eigenvalue weighted by Gasteiger charge is 2.28. The van der Waals surface area contributed by atoms with E-state index in [0.29, 0.717) is 0 Å². The van der Waals surface area contributed by atoms with E-state index in [4.69, 9.17) is 15.0 Å². The summed E-state index contributed by atoms with van der Waals surface area (Å²) in [6.45, 7) is 19.5. The summed E-state index contributed by atoms with van der Waals surface area (Å²) in [7, 11) is 0. The van der Waals surface area contributed by atoms with Crippen molar-refractivity contribution < 1.29 is 5.11 Å². The summed E-state index contributed by atoms with van der Waals surface area (Å²) >= 11 is 0. The van der Waals surface area contributed by atoms with E-state index in [9.17, 15) is 5.11 Å². The first-order chi connectivity index (χ1) is 21.7. The van der Waals surface area contributed by atoms with Crippen molar-refractivity contribution in [2.45, 2.75) is 79.2 Å². The van der Waals surface area contributed by atoms with Crippen molar-refractivity contribution in [1.29, 1.82) is 0 Å². The van der Waals surface area contributed by atoms with Crippen LogP contribution in [-0.4, -0.2) is 24.6 Å². The lowest BCUT2D eigenvalue weighted by Crippen LogP contribution is -2.17. The molecule has 0 bridgehead atoms. The highest BCUT2D eigenvalue weighted by Crippen LogP contribution is 2.44. The third-order valence-corrected chi connectivity index (χ3v) is 8.77. The SMILES string of the molecule is Cc1cnc(-c2cccc(-c3nccc4c3nc(-c3cc(C(C)(C)C)cc(C(C)(C)C)c3O)n4C(C)C)c2)cc1-c1ccccc1. The predicted molar refractivity (Wildman–Crippen MR) is 191 cm³/mol. The molecule has 234 valence electrons. The van der Waals surface area contributed by atoms with E-state index in [2.05, 4.69) is 134 Å². The minimum atomic E-state index is -0.244. The average Bonchev–Trinajstić information content (AvgIpc) is 3.41. The molecule has 0 saturated carbocycles. The fourth-order valence-electron chi connectivity index (χ4n) is 6.19. The summed E-state index contributed by atoms with van der Waals surface area (Å²) in [6, 6.07) is 27.4. The Morgan fingerprint density at radius 3 is 2.09 bits per heavy atom. The maximum atomic E-state index is 11.8. The van der Waals surface area contributed by atoms with Crippen molar-refractivity contribution >= 4 is 11.0 Å². The van der Waals surface area contributed by atoms with E-state index in [1.54, 1.807) is 0 Å². The molecule has 3 heterocycles. The molecular formula is C41H44N4O. The molecule has 0 radical (unpaired) electrons. The van der Waals surface area contributed by atoms with Crippen molar-refractivity contribution in [2.75, 3.05) is 0 Å². The van der Waals surface area contributed by atoms with Gasteiger partial charge in [-0.15, -0.1) is 0 Å². The fraction of sp³-hybridized carbons (Fsp3) is 0.293. The van der Waals surface area contributed by atoms with Gasteiger partial charge in [-0.05, 0) is 78.1 Å². The number of imidazole rings is 1. The maximum Gasteiger partial charge on any atom is 0.145 e. The lowest BCUT2D eigenvalue weighted by atomic mass is 9.79. The Hall–Kier alpha value is -4.77. The minimum Gasteiger partial charge on any atom is -0.507 e. The number of aromatic nitrogens is 4. The van der Waals surface area contributed by atoms with Gasteiger partial charge in [0.25, 0.3) is 0 Å². The van der Waals surface area contributed by atoms with E-state index >= 15 is 0 Å². The van der Waals surface area contributed by atoms with Gasteiger partial charge in [0, 0.05) is 35.1 Å². The third-order valence-electron chi connectivity index (χ3n) is 8.77. The molecule has 6 aromatic rings. The first-order valence-electron chi connectivity index (χ1n) is 16.1. The van der Waals surface area contributed by atoms with Crippen LogP contribution in [0.4, 0.5) is 0 Å². The molecule has 5 heteroatoms. The zero-order valence-corrected chi connectivity index (χ0v) is 28.5. The van der Waals surface area contributed by atoms with Crippen molar-refractivity contribution in [1.82, 2.24) is 19.5 Å². The molecule has 46 heavy (non-hydrogen) atoms. The standard InChI is InChI=1S/C41H44N4O/c1-25(2)45-35-18-19-42-36(37(35)44-39(45)32-21-30(40(4,5)6)22-33(38(32)46)41(7,8)9)29-17-13-16-28(20-29)34-23-31(26(3)24-43-34)27-14-11-10-12-15-27/h10-25,46H,1-9H3. The van der Waals surface area contributed by atoms with Crippen molar-refractivity contribution in [3.63, 3.8) is 0 Å². The number of benzene rings is 3. The van der Waals surface area contributed by atoms with E-state index in [1.165, 1.54) is 16.7 Å². The van der Waals surface area contributed by atoms with Crippen LogP contribution >= 0.6 is 0 Å². The zero-order valence-electron chi connectivity index (χ0n) is 28.5. The first-order valence-corrected chi connectivity index (χ1v) is 16.1. The number of aryl methyl sites for hydroxylation is 1. The highest BCUT2D eigenvalue weighted by atomic mass is 16.3. The van der Waals surface area contributed by atoms with Crippen molar-refractivity contribution in [2.24, 2.45) is 0 Å². The summed E-state index contributed by atoms with van der Waals surface area (Å²) in [5, 5.41) is 11.8. The van der Waals surface area contributed by atoms with Crippen LogP contribution in [0.1, 0.15) is 78.1 Å². The Kier molecular flexibility index (Phi) is 7.84. The number of hydrogen-bond donors (Lipinski definition) is 1. The predicted octanol–water partition coefficient (Wildman–Crippen LogP) is 10.7. The summed E-state index contributed by atoms with van der Waals surface area (Å²) in [6.07, 6.45) is 3.81. The van der Waals surface area contributed by atoms with Crippen molar-refractivity contribution in [3.8, 4) is 50.8 Å². The molecule has 0 aliphatic rings. The summed E-state index contributed by atoms with van der Waals surface area (Å²) in [4.78, 5) is 15.0. The van der Waals surface area contributed by atoms with Crippen LogP contribution in [0.2, 0.25) is 0 Å². The Morgan fingerprint density at radius 1 is 0.717 bits per heavy atom. The maximum absolute atomic E-state index is 11.8. The molecule has 0 spiro atoms. The first kappa shape index (κ1) is 31.2. The third kappa shape index (κ3) is 5.71. The molecule has 0 aliphatic carbocycles. The zero-order chi connectivity index (χ0) is 33.0. The van der Waals surface area contributed by atoms with Gasteiger partial charge in [-0.3, -0.25) is 9.97 Å². The molecular weight excluding hydrogens is 564 g/mol. The lowest BCUT2D eigenvalue weighted by molar-refractivity contribution is 0.445. The summed E-state index contributed by atoms with van der Waals surface area (Å²) in [5.41, 5.74) is 11.5. The van der Waals surface area contributed by atoms with Crippen LogP contribution in [0.25, 0.3) is 56.1 Å². The molecule has 5 nitrogen and oxygen atoms in total. The molecule has 0 unspecified atom stereocenters. The monoisotopic (exact) mass is 608 g/mol. The van der Waals surface area contributed by atoms with Crippen molar-refractivity contribution in [3.05, 3.63) is 108 Å². The van der Waals surface area contributed by atoms with Gasteiger partial charge in [-0.25, -0.2) is 4.98 Å². The van der Waals surface area contributed by atoms with E-state index in [1.807, 2.05) is 24.5 Å². The van der Waals surface area contributed by atoms with Crippen LogP contribution in [0.3, 0.4) is 0 Å². The van der Waals surface area contributed by atoms with Crippen LogP contribution in [0, 0.1) is 6.92 Å². The molecule has 6 rings (SSSR count). The van der Waals surface area contributed by atoms with Gasteiger partial charge in [-0.1, -0.05) is 96.1 Å². The van der Waals surface area contributed by atoms with Crippen LogP contribution < -0.4 is 0 Å². The normalized spacial score (nSPS) is 12.3. The molecule has 0 amide bonds. The van der Waals surface area contributed by atoms with E-state index < -0.39 is 0 Å². The Labute approximate surface area is 273 Å². The average molecular weight is 609 g/mol. The molecule has 0 fully saturated rings. The van der Waals surface area contributed by atoms with Gasteiger partial charge >= 0.3 is 0 Å². The Bertz CT molecular complexity index is 2060. The number of pyridine rings is 2. The smallest absolute Gasteiger partial charge is 0.145 e. The van der Waals surface area contributed by atoms with E-state index in [0.717, 1.165) is 56.1 Å². The molecule has 0 aliphatic heterocycles. The number of hydrogen-bond acceptors (Lipinski definition) is 4. The molecule has 0 atom stereocenters. The summed E-state index contributed by atoms with van der Waals surface area (Å²) < 4.78 is 2.23.